The van der Waals surface area contributed by atoms with Gasteiger partial charge < -0.3 is 10.1 Å². The Kier molecular flexibility index (Phi) is 4.76. The molecule has 1 rings (SSSR count). The number of nitrogens with one attached hydrogen (secondary N) is 1. The highest BCUT2D eigenvalue weighted by Crippen LogP contribution is 2.28. The lowest BCUT2D eigenvalue weighted by Gasteiger charge is -2.05. The molecule has 88 valence electrons. The number of alkyl halides is 1. The number of aryl methyl sites for hydroxylation is 1. The van der Waals surface area contributed by atoms with E-state index in [2.05, 4.69) is 10.1 Å². The van der Waals surface area contributed by atoms with Gasteiger partial charge in [0, 0.05) is 12.3 Å². The van der Waals surface area contributed by atoms with E-state index in [0.717, 1.165) is 5.56 Å². The minimum absolute atomic E-state index is 0.207. The molecule has 0 aliphatic heterocycles. The van der Waals surface area contributed by atoms with Crippen LogP contribution < -0.4 is 5.32 Å². The molecule has 0 bridgehead atoms. The summed E-state index contributed by atoms with van der Waals surface area (Å²) in [6, 6.07) is 0. The van der Waals surface area contributed by atoms with Crippen LogP contribution in [0.15, 0.2) is 5.38 Å². The molecule has 0 spiro atoms. The number of halogens is 1. The second kappa shape index (κ2) is 5.86. The van der Waals surface area contributed by atoms with Crippen LogP contribution in [-0.4, -0.2) is 24.9 Å². The number of thiophene rings is 1. The second-order valence-electron chi connectivity index (χ2n) is 3.10. The minimum atomic E-state index is -0.445. The van der Waals surface area contributed by atoms with Crippen molar-refractivity contribution in [1.82, 2.24) is 0 Å². The summed E-state index contributed by atoms with van der Waals surface area (Å²) < 4.78 is 4.63. The molecule has 0 fully saturated rings. The van der Waals surface area contributed by atoms with Gasteiger partial charge in [0.25, 0.3) is 0 Å². The first-order chi connectivity index (χ1) is 7.60. The molecule has 4 nitrogen and oxygen atoms in total. The molecule has 1 amide bonds. The Morgan fingerprint density at radius 3 is 2.81 bits per heavy atom. The zero-order valence-corrected chi connectivity index (χ0v) is 10.6. The van der Waals surface area contributed by atoms with Gasteiger partial charge in [-0.1, -0.05) is 0 Å². The van der Waals surface area contributed by atoms with E-state index >= 15 is 0 Å². The van der Waals surface area contributed by atoms with E-state index in [0.29, 0.717) is 10.6 Å². The summed E-state index contributed by atoms with van der Waals surface area (Å²) >= 11 is 6.70. The van der Waals surface area contributed by atoms with Gasteiger partial charge in [-0.25, -0.2) is 4.79 Å². The minimum Gasteiger partial charge on any atom is -0.465 e. The first-order valence-corrected chi connectivity index (χ1v) is 6.03. The summed E-state index contributed by atoms with van der Waals surface area (Å²) in [5.74, 6) is -0.399. The molecule has 0 unspecified atom stereocenters. The fraction of sp³-hybridized carbons (Fsp3) is 0.400. The van der Waals surface area contributed by atoms with E-state index in [1.165, 1.54) is 18.4 Å². The highest BCUT2D eigenvalue weighted by Gasteiger charge is 2.18. The molecule has 0 saturated carbocycles. The van der Waals surface area contributed by atoms with E-state index in [1.807, 2.05) is 6.92 Å². The molecule has 6 heteroatoms. The van der Waals surface area contributed by atoms with Crippen LogP contribution in [-0.2, 0) is 9.53 Å². The molecule has 1 heterocycles. The van der Waals surface area contributed by atoms with Crippen molar-refractivity contribution in [2.75, 3.05) is 18.3 Å². The first-order valence-electron chi connectivity index (χ1n) is 4.62. The number of amides is 1. The number of hydrogen-bond acceptors (Lipinski definition) is 4. The quantitative estimate of drug-likeness (QED) is 0.669. The zero-order chi connectivity index (χ0) is 12.1. The Bertz CT molecular complexity index is 403. The summed E-state index contributed by atoms with van der Waals surface area (Å²) in [7, 11) is 1.31. The van der Waals surface area contributed by atoms with Gasteiger partial charge in [0.15, 0.2) is 0 Å². The van der Waals surface area contributed by atoms with Crippen LogP contribution in [0.2, 0.25) is 0 Å². The molecule has 0 aromatic carbocycles. The number of ether oxygens (including phenoxy) is 1. The van der Waals surface area contributed by atoms with E-state index in [9.17, 15) is 9.59 Å². The smallest absolute Gasteiger partial charge is 0.350 e. The van der Waals surface area contributed by atoms with Crippen molar-refractivity contribution < 1.29 is 14.3 Å². The summed E-state index contributed by atoms with van der Waals surface area (Å²) in [6.07, 6.45) is 0.220. The fourth-order valence-corrected chi connectivity index (χ4v) is 2.22. The highest BCUT2D eigenvalue weighted by atomic mass is 35.5. The lowest BCUT2D eigenvalue weighted by molar-refractivity contribution is -0.115. The summed E-state index contributed by atoms with van der Waals surface area (Å²) in [5.41, 5.74) is 1.36. The predicted molar refractivity (Wildman–Crippen MR) is 64.4 cm³/mol. The Morgan fingerprint density at radius 1 is 1.56 bits per heavy atom. The van der Waals surface area contributed by atoms with Crippen LogP contribution >= 0.6 is 22.9 Å². The predicted octanol–water partition coefficient (Wildman–Crippen LogP) is 2.41. The van der Waals surface area contributed by atoms with Gasteiger partial charge in [0.05, 0.1) is 12.8 Å². The number of anilines is 1. The number of carbonyl (C=O) groups excluding carboxylic acids is 2. The molecule has 16 heavy (non-hydrogen) atoms. The van der Waals surface area contributed by atoms with Crippen molar-refractivity contribution in [3.05, 3.63) is 15.8 Å². The van der Waals surface area contributed by atoms with E-state index in [-0.39, 0.29) is 18.2 Å². The average molecular weight is 262 g/mol. The van der Waals surface area contributed by atoms with Crippen molar-refractivity contribution in [3.63, 3.8) is 0 Å². The average Bonchev–Trinajstić information content (AvgIpc) is 2.60. The molecular weight excluding hydrogens is 250 g/mol. The maximum absolute atomic E-state index is 11.4. The van der Waals surface area contributed by atoms with E-state index in [4.69, 9.17) is 11.6 Å². The number of hydrogen-bond donors (Lipinski definition) is 1. The molecule has 0 saturated heterocycles. The number of methoxy groups -OCH3 is 1. The number of esters is 1. The SMILES string of the molecule is COC(=O)c1scc(C)c1NC(=O)CCCl. The number of rotatable bonds is 4. The first kappa shape index (κ1) is 13.0. The van der Waals surface area contributed by atoms with Gasteiger partial charge >= 0.3 is 5.97 Å². The monoisotopic (exact) mass is 261 g/mol. The van der Waals surface area contributed by atoms with Gasteiger partial charge in [-0.05, 0) is 17.9 Å². The molecule has 1 aromatic rings. The van der Waals surface area contributed by atoms with Crippen molar-refractivity contribution in [1.29, 1.82) is 0 Å². The fourth-order valence-electron chi connectivity index (χ4n) is 1.13. The van der Waals surface area contributed by atoms with Gasteiger partial charge in [-0.15, -0.1) is 22.9 Å². The highest BCUT2D eigenvalue weighted by molar-refractivity contribution is 7.12. The topological polar surface area (TPSA) is 55.4 Å². The van der Waals surface area contributed by atoms with Crippen LogP contribution in [0.3, 0.4) is 0 Å². The molecule has 0 aliphatic carbocycles. The third kappa shape index (κ3) is 2.96. The molecule has 1 N–H and O–H groups in total. The van der Waals surface area contributed by atoms with Gasteiger partial charge in [-0.3, -0.25) is 4.79 Å². The Labute approximate surface area is 103 Å². The van der Waals surface area contributed by atoms with Crippen LogP contribution in [0, 0.1) is 6.92 Å². The largest absolute Gasteiger partial charge is 0.465 e. The molecule has 0 aliphatic rings. The molecule has 0 atom stereocenters. The third-order valence-electron chi connectivity index (χ3n) is 1.93. The maximum Gasteiger partial charge on any atom is 0.350 e. The molecular formula is C10H12ClNO3S. The zero-order valence-electron chi connectivity index (χ0n) is 9.00. The number of carbonyl (C=O) groups is 2. The van der Waals surface area contributed by atoms with Gasteiger partial charge in [0.1, 0.15) is 4.88 Å². The standard InChI is InChI=1S/C10H12ClNO3S/c1-6-5-16-9(10(14)15-2)8(6)12-7(13)3-4-11/h5H,3-4H2,1-2H3,(H,12,13). The van der Waals surface area contributed by atoms with E-state index in [1.54, 1.807) is 5.38 Å². The summed E-state index contributed by atoms with van der Waals surface area (Å²) in [4.78, 5) is 23.2. The van der Waals surface area contributed by atoms with Crippen LogP contribution in [0.25, 0.3) is 0 Å². The normalized spacial score (nSPS) is 9.94. The maximum atomic E-state index is 11.4. The lowest BCUT2D eigenvalue weighted by atomic mass is 10.2. The third-order valence-corrected chi connectivity index (χ3v) is 3.20. The van der Waals surface area contributed by atoms with Crippen molar-refractivity contribution >= 4 is 40.5 Å². The Morgan fingerprint density at radius 2 is 2.25 bits per heavy atom. The van der Waals surface area contributed by atoms with Crippen LogP contribution in [0.5, 0.6) is 0 Å². The van der Waals surface area contributed by atoms with Crippen LogP contribution in [0.4, 0.5) is 5.69 Å². The van der Waals surface area contributed by atoms with Crippen molar-refractivity contribution in [3.8, 4) is 0 Å². The van der Waals surface area contributed by atoms with Gasteiger partial charge in [0.2, 0.25) is 5.91 Å². The second-order valence-corrected chi connectivity index (χ2v) is 4.36. The molecule has 1 aromatic heterocycles. The van der Waals surface area contributed by atoms with Crippen molar-refractivity contribution in [2.45, 2.75) is 13.3 Å². The summed E-state index contributed by atoms with van der Waals surface area (Å²) in [6.45, 7) is 1.82. The summed E-state index contributed by atoms with van der Waals surface area (Å²) in [5, 5.41) is 4.46. The van der Waals surface area contributed by atoms with Crippen LogP contribution in [0.1, 0.15) is 21.7 Å². The lowest BCUT2D eigenvalue weighted by Crippen LogP contribution is -2.14. The van der Waals surface area contributed by atoms with E-state index < -0.39 is 5.97 Å². The van der Waals surface area contributed by atoms with Crippen molar-refractivity contribution in [2.24, 2.45) is 0 Å². The molecule has 0 radical (unpaired) electrons. The van der Waals surface area contributed by atoms with Gasteiger partial charge in [-0.2, -0.15) is 0 Å². The Balaban J connectivity index is 2.89. The Hall–Kier alpha value is -1.07.